The van der Waals surface area contributed by atoms with Gasteiger partial charge in [0.1, 0.15) is 0 Å². The molecule has 0 amide bonds. The lowest BCUT2D eigenvalue weighted by atomic mass is 9.95. The van der Waals surface area contributed by atoms with Gasteiger partial charge in [0, 0.05) is 6.92 Å². The van der Waals surface area contributed by atoms with E-state index in [1.807, 2.05) is 31.2 Å². The number of ether oxygens (including phenoxy) is 3. The van der Waals surface area contributed by atoms with E-state index >= 15 is 0 Å². The van der Waals surface area contributed by atoms with E-state index in [2.05, 4.69) is 4.99 Å². The second kappa shape index (κ2) is 10.3. The van der Waals surface area contributed by atoms with Gasteiger partial charge < -0.3 is 14.2 Å². The summed E-state index contributed by atoms with van der Waals surface area (Å²) in [5, 5.41) is 0. The van der Waals surface area contributed by atoms with E-state index in [0.717, 1.165) is 11.1 Å². The zero-order valence-corrected chi connectivity index (χ0v) is 21.5. The van der Waals surface area contributed by atoms with Crippen molar-refractivity contribution in [1.82, 2.24) is 4.57 Å². The molecule has 2 aromatic carbocycles. The lowest BCUT2D eigenvalue weighted by Gasteiger charge is -2.24. The fraction of sp³-hybridized carbons (Fsp3) is 0.259. The number of methoxy groups -OCH3 is 1. The molecule has 0 fully saturated rings. The highest BCUT2D eigenvalue weighted by Gasteiger charge is 2.33. The Morgan fingerprint density at radius 3 is 2.47 bits per heavy atom. The fourth-order valence-corrected chi connectivity index (χ4v) is 5.07. The Bertz CT molecular complexity index is 1550. The van der Waals surface area contributed by atoms with E-state index in [1.54, 1.807) is 38.1 Å². The van der Waals surface area contributed by atoms with Crippen LogP contribution in [0.1, 0.15) is 43.5 Å². The van der Waals surface area contributed by atoms with Crippen molar-refractivity contribution in [2.75, 3.05) is 13.7 Å². The number of hydrogen-bond acceptors (Lipinski definition) is 8. The SMILES string of the molecule is CCOC(=O)C1=C(C)N=c2s/c(=C/c3ccc(OC)c(OC(C)=O)c3)c(=O)n2C1c1ccc(C)cc1. The predicted molar refractivity (Wildman–Crippen MR) is 136 cm³/mol. The van der Waals surface area contributed by atoms with Gasteiger partial charge in [-0.2, -0.15) is 0 Å². The molecule has 1 aromatic heterocycles. The molecule has 0 saturated carbocycles. The number of benzene rings is 2. The Morgan fingerprint density at radius 2 is 1.83 bits per heavy atom. The number of aromatic nitrogens is 1. The molecule has 3 aromatic rings. The maximum atomic E-state index is 13.7. The van der Waals surface area contributed by atoms with Crippen LogP contribution in [0.5, 0.6) is 11.5 Å². The van der Waals surface area contributed by atoms with Crippen molar-refractivity contribution in [3.8, 4) is 11.5 Å². The molecule has 0 spiro atoms. The molecule has 0 aliphatic carbocycles. The predicted octanol–water partition coefficient (Wildman–Crippen LogP) is 3.04. The molecular formula is C27H26N2O6S. The number of esters is 2. The van der Waals surface area contributed by atoms with Gasteiger partial charge in [0.25, 0.3) is 5.56 Å². The van der Waals surface area contributed by atoms with Crippen molar-refractivity contribution in [3.05, 3.63) is 90.1 Å². The van der Waals surface area contributed by atoms with Gasteiger partial charge in [-0.15, -0.1) is 0 Å². The van der Waals surface area contributed by atoms with Crippen molar-refractivity contribution in [2.24, 2.45) is 4.99 Å². The molecule has 1 unspecified atom stereocenters. The average molecular weight is 507 g/mol. The van der Waals surface area contributed by atoms with E-state index in [1.165, 1.54) is 29.9 Å². The molecule has 2 heterocycles. The van der Waals surface area contributed by atoms with Crippen molar-refractivity contribution in [2.45, 2.75) is 33.7 Å². The van der Waals surface area contributed by atoms with E-state index in [-0.39, 0.29) is 17.9 Å². The first-order valence-electron chi connectivity index (χ1n) is 11.4. The highest BCUT2D eigenvalue weighted by atomic mass is 32.1. The Hall–Kier alpha value is -3.98. The number of thiazole rings is 1. The smallest absolute Gasteiger partial charge is 0.338 e. The summed E-state index contributed by atoms with van der Waals surface area (Å²) in [4.78, 5) is 43.2. The fourth-order valence-electron chi connectivity index (χ4n) is 4.02. The molecule has 1 aliphatic rings. The van der Waals surface area contributed by atoms with Gasteiger partial charge >= 0.3 is 11.9 Å². The minimum atomic E-state index is -0.671. The number of carbonyl (C=O) groups is 2. The number of fused-ring (bicyclic) bond motifs is 1. The van der Waals surface area contributed by atoms with Crippen LogP contribution in [0.3, 0.4) is 0 Å². The summed E-state index contributed by atoms with van der Waals surface area (Å²) in [7, 11) is 1.48. The molecule has 1 aliphatic heterocycles. The molecule has 0 saturated heterocycles. The molecular weight excluding hydrogens is 480 g/mol. The summed E-state index contributed by atoms with van der Waals surface area (Å²) in [5.74, 6) is -0.327. The van der Waals surface area contributed by atoms with E-state index in [4.69, 9.17) is 14.2 Å². The van der Waals surface area contributed by atoms with Gasteiger partial charge in [0.05, 0.1) is 35.6 Å². The minimum Gasteiger partial charge on any atom is -0.493 e. The van der Waals surface area contributed by atoms with Crippen molar-refractivity contribution in [1.29, 1.82) is 0 Å². The number of allylic oxidation sites excluding steroid dienone is 1. The summed E-state index contributed by atoms with van der Waals surface area (Å²) in [6.07, 6.45) is 1.70. The van der Waals surface area contributed by atoms with Gasteiger partial charge in [0.15, 0.2) is 16.3 Å². The van der Waals surface area contributed by atoms with Crippen LogP contribution in [0.4, 0.5) is 0 Å². The first kappa shape index (κ1) is 25.1. The van der Waals surface area contributed by atoms with Gasteiger partial charge in [-0.05, 0) is 50.1 Å². The zero-order valence-electron chi connectivity index (χ0n) is 20.7. The molecule has 0 radical (unpaired) electrons. The van der Waals surface area contributed by atoms with Crippen LogP contribution in [0, 0.1) is 6.92 Å². The van der Waals surface area contributed by atoms with Crippen LogP contribution >= 0.6 is 11.3 Å². The summed E-state index contributed by atoms with van der Waals surface area (Å²) >= 11 is 1.22. The number of rotatable bonds is 6. The maximum absolute atomic E-state index is 13.7. The van der Waals surface area contributed by atoms with E-state index in [9.17, 15) is 14.4 Å². The zero-order chi connectivity index (χ0) is 26.0. The summed E-state index contributed by atoms with van der Waals surface area (Å²) in [6, 6.07) is 12.1. The summed E-state index contributed by atoms with van der Waals surface area (Å²) < 4.78 is 17.8. The number of hydrogen-bond donors (Lipinski definition) is 0. The largest absolute Gasteiger partial charge is 0.493 e. The molecule has 8 nitrogen and oxygen atoms in total. The summed E-state index contributed by atoms with van der Waals surface area (Å²) in [6.45, 7) is 6.98. The average Bonchev–Trinajstić information content (AvgIpc) is 3.13. The Balaban J connectivity index is 1.90. The molecule has 36 heavy (non-hydrogen) atoms. The molecule has 186 valence electrons. The third-order valence-corrected chi connectivity index (χ3v) is 6.63. The van der Waals surface area contributed by atoms with Crippen LogP contribution in [0.15, 0.2) is 63.5 Å². The third-order valence-electron chi connectivity index (χ3n) is 5.65. The quantitative estimate of drug-likeness (QED) is 0.377. The standard InChI is InChI=1S/C27H26N2O6S/c1-6-34-26(32)23-16(3)28-27-29(24(23)19-10-7-15(2)8-11-19)25(31)22(36-27)14-18-9-12-20(33-5)21(13-18)35-17(4)30/h7-14,24H,6H2,1-5H3/b22-14+. The number of carbonyl (C=O) groups excluding carboxylic acids is 2. The monoisotopic (exact) mass is 506 g/mol. The molecule has 1 atom stereocenters. The van der Waals surface area contributed by atoms with Crippen LogP contribution in [-0.4, -0.2) is 30.2 Å². The van der Waals surface area contributed by atoms with Crippen LogP contribution in [0.25, 0.3) is 6.08 Å². The maximum Gasteiger partial charge on any atom is 0.338 e. The van der Waals surface area contributed by atoms with Crippen molar-refractivity contribution in [3.63, 3.8) is 0 Å². The van der Waals surface area contributed by atoms with Gasteiger partial charge in [-0.25, -0.2) is 9.79 Å². The molecule has 4 rings (SSSR count). The highest BCUT2D eigenvalue weighted by molar-refractivity contribution is 7.07. The van der Waals surface area contributed by atoms with Crippen molar-refractivity contribution >= 4 is 29.4 Å². The topological polar surface area (TPSA) is 96.2 Å². The van der Waals surface area contributed by atoms with Gasteiger partial charge in [-0.1, -0.05) is 47.2 Å². The van der Waals surface area contributed by atoms with Crippen LogP contribution in [0.2, 0.25) is 0 Å². The number of nitrogens with zero attached hydrogens (tertiary/aromatic N) is 2. The Labute approximate surface area is 211 Å². The normalized spacial score (nSPS) is 15.2. The van der Waals surface area contributed by atoms with Crippen molar-refractivity contribution < 1.29 is 23.8 Å². The van der Waals surface area contributed by atoms with Gasteiger partial charge in [0.2, 0.25) is 0 Å². The molecule has 0 N–H and O–H groups in total. The Morgan fingerprint density at radius 1 is 1.11 bits per heavy atom. The van der Waals surface area contributed by atoms with E-state index < -0.39 is 18.0 Å². The lowest BCUT2D eigenvalue weighted by Crippen LogP contribution is -2.39. The van der Waals surface area contributed by atoms with Crippen LogP contribution < -0.4 is 24.4 Å². The molecule has 9 heteroatoms. The lowest BCUT2D eigenvalue weighted by molar-refractivity contribution is -0.139. The first-order chi connectivity index (χ1) is 17.2. The molecule has 0 bridgehead atoms. The van der Waals surface area contributed by atoms with E-state index in [0.29, 0.717) is 31.9 Å². The first-order valence-corrected chi connectivity index (χ1v) is 12.2. The van der Waals surface area contributed by atoms with Crippen LogP contribution in [-0.2, 0) is 14.3 Å². The Kier molecular flexibility index (Phi) is 7.21. The minimum absolute atomic E-state index is 0.211. The highest BCUT2D eigenvalue weighted by Crippen LogP contribution is 2.31. The second-order valence-electron chi connectivity index (χ2n) is 8.22. The third kappa shape index (κ3) is 4.87. The number of aryl methyl sites for hydroxylation is 1. The second-order valence-corrected chi connectivity index (χ2v) is 9.23. The van der Waals surface area contributed by atoms with Gasteiger partial charge in [-0.3, -0.25) is 14.2 Å². The summed E-state index contributed by atoms with van der Waals surface area (Å²) in [5.41, 5.74) is 3.04.